The van der Waals surface area contributed by atoms with Gasteiger partial charge in [0.05, 0.1) is 6.33 Å². The molecule has 0 aliphatic carbocycles. The Kier molecular flexibility index (Phi) is 13.4. The Morgan fingerprint density at radius 1 is 0.841 bits per heavy atom. The van der Waals surface area contributed by atoms with Gasteiger partial charge < -0.3 is 36.1 Å². The van der Waals surface area contributed by atoms with E-state index in [9.17, 15) is 29.1 Å². The fraction of sp³-hybridized carbons (Fsp3) is 0.548. The molecule has 4 atom stereocenters. The topological polar surface area (TPSA) is 192 Å². The highest BCUT2D eigenvalue weighted by Gasteiger charge is 2.33. The molecule has 44 heavy (non-hydrogen) atoms. The van der Waals surface area contributed by atoms with Gasteiger partial charge in [0.2, 0.25) is 17.7 Å². The zero-order valence-electron chi connectivity index (χ0n) is 26.5. The Balaban J connectivity index is 2.32. The summed E-state index contributed by atoms with van der Waals surface area (Å²) in [6.45, 7) is 12.2. The van der Waals surface area contributed by atoms with Crippen molar-refractivity contribution in [2.45, 2.75) is 97.5 Å². The van der Waals surface area contributed by atoms with E-state index in [1.54, 1.807) is 46.8 Å². The predicted molar refractivity (Wildman–Crippen MR) is 163 cm³/mol. The van der Waals surface area contributed by atoms with Crippen molar-refractivity contribution in [3.05, 3.63) is 54.1 Å². The number of alkyl carbamates (subject to hydrolysis) is 1. The lowest BCUT2D eigenvalue weighted by Gasteiger charge is -2.27. The van der Waals surface area contributed by atoms with Crippen LogP contribution in [0.2, 0.25) is 0 Å². The molecule has 4 amide bonds. The molecular weight excluding hydrogens is 568 g/mol. The van der Waals surface area contributed by atoms with Crippen LogP contribution < -0.4 is 21.3 Å². The standard InChI is InChI=1S/C31H46N6O7/c1-18(2)13-22(28(40)37-25(19(3)4)29(41)42)34-27(39)24(15-21-16-32-17-33-21)35-26(38)23(14-20-11-9-8-10-12-20)36-30(43)44-31(5,6)7/h8-12,16-19,22-25H,13-15H2,1-7H3,(H,32,33)(H,34,39)(H,35,38)(H,36,43)(H,37,40)(H,41,42)/t22-,23-,24-,25-/m0/s1. The van der Waals surface area contributed by atoms with Crippen molar-refractivity contribution in [1.29, 1.82) is 0 Å². The summed E-state index contributed by atoms with van der Waals surface area (Å²) < 4.78 is 5.37. The van der Waals surface area contributed by atoms with Crippen molar-refractivity contribution in [3.8, 4) is 0 Å². The van der Waals surface area contributed by atoms with Gasteiger partial charge in [-0.25, -0.2) is 14.6 Å². The molecule has 0 radical (unpaired) electrons. The lowest BCUT2D eigenvalue weighted by molar-refractivity contribution is -0.143. The summed E-state index contributed by atoms with van der Waals surface area (Å²) in [5.74, 6) is -3.56. The first kappa shape index (κ1) is 35.8. The van der Waals surface area contributed by atoms with Crippen LogP contribution >= 0.6 is 0 Å². The normalized spacial score (nSPS) is 14.2. The van der Waals surface area contributed by atoms with E-state index in [1.807, 2.05) is 32.0 Å². The fourth-order valence-corrected chi connectivity index (χ4v) is 4.35. The smallest absolute Gasteiger partial charge is 0.408 e. The third-order valence-corrected chi connectivity index (χ3v) is 6.47. The van der Waals surface area contributed by atoms with Crippen molar-refractivity contribution in [3.63, 3.8) is 0 Å². The van der Waals surface area contributed by atoms with Gasteiger partial charge in [0, 0.05) is 24.7 Å². The summed E-state index contributed by atoms with van der Waals surface area (Å²) in [6.07, 6.45) is 2.49. The average Bonchev–Trinajstić information content (AvgIpc) is 3.42. The average molecular weight is 615 g/mol. The van der Waals surface area contributed by atoms with Crippen LogP contribution in [0, 0.1) is 11.8 Å². The third-order valence-electron chi connectivity index (χ3n) is 6.47. The number of carbonyl (C=O) groups excluding carboxylic acids is 4. The van der Waals surface area contributed by atoms with Gasteiger partial charge in [-0.3, -0.25) is 14.4 Å². The van der Waals surface area contributed by atoms with E-state index in [4.69, 9.17) is 4.74 Å². The number of rotatable bonds is 15. The van der Waals surface area contributed by atoms with Crippen molar-refractivity contribution in [1.82, 2.24) is 31.2 Å². The van der Waals surface area contributed by atoms with E-state index in [-0.39, 0.29) is 25.2 Å². The van der Waals surface area contributed by atoms with E-state index >= 15 is 0 Å². The van der Waals surface area contributed by atoms with Gasteiger partial charge in [0.15, 0.2) is 0 Å². The molecule has 1 heterocycles. The number of aromatic nitrogens is 2. The molecule has 6 N–H and O–H groups in total. The second-order valence-corrected chi connectivity index (χ2v) is 12.5. The van der Waals surface area contributed by atoms with Crippen LogP contribution in [0.5, 0.6) is 0 Å². The zero-order chi connectivity index (χ0) is 33.0. The minimum atomic E-state index is -1.19. The largest absolute Gasteiger partial charge is 0.480 e. The van der Waals surface area contributed by atoms with Crippen LogP contribution in [0.15, 0.2) is 42.9 Å². The van der Waals surface area contributed by atoms with E-state index in [0.29, 0.717) is 5.69 Å². The number of carbonyl (C=O) groups is 5. The maximum atomic E-state index is 13.7. The summed E-state index contributed by atoms with van der Waals surface area (Å²) in [5.41, 5.74) is 0.508. The first-order valence-electron chi connectivity index (χ1n) is 14.7. The number of nitrogens with zero attached hydrogens (tertiary/aromatic N) is 1. The number of carboxylic acid groups (broad SMARTS) is 1. The number of aliphatic carboxylic acids is 1. The number of amides is 4. The minimum Gasteiger partial charge on any atom is -0.480 e. The van der Waals surface area contributed by atoms with Crippen LogP contribution in [-0.4, -0.2) is 74.6 Å². The quantitative estimate of drug-likeness (QED) is 0.176. The van der Waals surface area contributed by atoms with Gasteiger partial charge in [0.25, 0.3) is 0 Å². The van der Waals surface area contributed by atoms with Crippen LogP contribution in [-0.2, 0) is 36.8 Å². The number of H-pyrrole nitrogens is 1. The van der Waals surface area contributed by atoms with Crippen LogP contribution in [0.25, 0.3) is 0 Å². The maximum absolute atomic E-state index is 13.7. The van der Waals surface area contributed by atoms with Crippen LogP contribution in [0.3, 0.4) is 0 Å². The van der Waals surface area contributed by atoms with Gasteiger partial charge in [-0.05, 0) is 44.6 Å². The Morgan fingerprint density at radius 2 is 1.41 bits per heavy atom. The van der Waals surface area contributed by atoms with Crippen molar-refractivity contribution in [2.75, 3.05) is 0 Å². The highest BCUT2D eigenvalue weighted by Crippen LogP contribution is 2.11. The SMILES string of the molecule is CC(C)C[C@H](NC(=O)[C@H](Cc1cnc[nH]1)NC(=O)[C@H](Cc1ccccc1)NC(=O)OC(C)(C)C)C(=O)N[C@H](C(=O)O)C(C)C. The number of hydrogen-bond acceptors (Lipinski definition) is 7. The van der Waals surface area contributed by atoms with E-state index in [2.05, 4.69) is 31.2 Å². The fourth-order valence-electron chi connectivity index (χ4n) is 4.35. The summed E-state index contributed by atoms with van der Waals surface area (Å²) >= 11 is 0. The molecule has 2 aromatic rings. The number of benzene rings is 1. The van der Waals surface area contributed by atoms with Gasteiger partial charge in [0.1, 0.15) is 29.8 Å². The first-order valence-corrected chi connectivity index (χ1v) is 14.7. The molecule has 13 nitrogen and oxygen atoms in total. The Bertz CT molecular complexity index is 1240. The zero-order valence-corrected chi connectivity index (χ0v) is 26.5. The Hall–Kier alpha value is -4.42. The van der Waals surface area contributed by atoms with Gasteiger partial charge in [-0.1, -0.05) is 58.0 Å². The second kappa shape index (κ2) is 16.4. The van der Waals surface area contributed by atoms with Crippen molar-refractivity contribution < 1.29 is 33.8 Å². The molecule has 2 rings (SSSR count). The lowest BCUT2D eigenvalue weighted by atomic mass is 9.99. The molecule has 0 bridgehead atoms. The van der Waals surface area contributed by atoms with Gasteiger partial charge in [-0.15, -0.1) is 0 Å². The number of hydrogen-bond donors (Lipinski definition) is 6. The monoisotopic (exact) mass is 614 g/mol. The van der Waals surface area contributed by atoms with Gasteiger partial charge >= 0.3 is 12.1 Å². The summed E-state index contributed by atoms with van der Waals surface area (Å²) in [4.78, 5) is 71.8. The van der Waals surface area contributed by atoms with E-state index < -0.39 is 65.5 Å². The maximum Gasteiger partial charge on any atom is 0.408 e. The highest BCUT2D eigenvalue weighted by molar-refractivity contribution is 5.95. The third kappa shape index (κ3) is 12.4. The molecule has 1 aromatic heterocycles. The molecule has 0 aliphatic heterocycles. The second-order valence-electron chi connectivity index (χ2n) is 12.5. The summed E-state index contributed by atoms with van der Waals surface area (Å²) in [5, 5.41) is 20.1. The highest BCUT2D eigenvalue weighted by atomic mass is 16.6. The summed E-state index contributed by atoms with van der Waals surface area (Å²) in [7, 11) is 0. The number of ether oxygens (including phenoxy) is 1. The Morgan fingerprint density at radius 3 is 1.91 bits per heavy atom. The molecule has 0 fully saturated rings. The molecule has 0 unspecified atom stereocenters. The number of aromatic amines is 1. The molecule has 13 heteroatoms. The number of nitrogens with one attached hydrogen (secondary N) is 5. The van der Waals surface area contributed by atoms with Gasteiger partial charge in [-0.2, -0.15) is 0 Å². The molecule has 0 saturated carbocycles. The van der Waals surface area contributed by atoms with E-state index in [1.165, 1.54) is 12.5 Å². The van der Waals surface area contributed by atoms with E-state index in [0.717, 1.165) is 5.56 Å². The minimum absolute atomic E-state index is 0.00182. The molecule has 242 valence electrons. The van der Waals surface area contributed by atoms with Crippen LogP contribution in [0.4, 0.5) is 4.79 Å². The van der Waals surface area contributed by atoms with Crippen LogP contribution in [0.1, 0.15) is 66.1 Å². The van der Waals surface area contributed by atoms with Crippen molar-refractivity contribution >= 4 is 29.8 Å². The molecule has 1 aromatic carbocycles. The molecule has 0 spiro atoms. The Labute approximate surface area is 258 Å². The first-order chi connectivity index (χ1) is 20.6. The number of carboxylic acids is 1. The molecule has 0 aliphatic rings. The number of imidazole rings is 1. The predicted octanol–water partition coefficient (Wildman–Crippen LogP) is 2.33. The lowest BCUT2D eigenvalue weighted by Crippen LogP contribution is -2.59. The molecular formula is C31H46N6O7. The molecule has 0 saturated heterocycles. The van der Waals surface area contributed by atoms with Crippen molar-refractivity contribution in [2.24, 2.45) is 11.8 Å². The summed E-state index contributed by atoms with van der Waals surface area (Å²) in [6, 6.07) is 4.57.